The maximum absolute atomic E-state index is 6.58. The number of imidazole rings is 1. The number of hydrogen-bond acceptors (Lipinski definition) is 6. The number of rotatable bonds is 9. The van der Waals surface area contributed by atoms with Crippen molar-refractivity contribution in [1.82, 2.24) is 14.5 Å². The standard InChI is InChI=1S/C32H34Cl2N4O3/c1-24-2-4-25(5-3-24)19-36-14-16-38(17-15-36)27-7-9-28(10-8-27)39-20-29-21-40-32(41-29,22-37-13-12-35-23-37)30-11-6-26(33)18-31(30)34/h2-13,18,23,29H,14-17,19-22H2,1H3/t29-,32-/m1/s1. The summed E-state index contributed by atoms with van der Waals surface area (Å²) in [7, 11) is 0. The SMILES string of the molecule is Cc1ccc(CN2CCN(c3ccc(OC[C@@H]4CO[C@@](Cn5ccnc5)(c5ccc(Cl)cc5Cl)O4)cc3)CC2)cc1. The predicted octanol–water partition coefficient (Wildman–Crippen LogP) is 6.17. The summed E-state index contributed by atoms with van der Waals surface area (Å²) in [5.74, 6) is -0.269. The van der Waals surface area contributed by atoms with E-state index in [1.165, 1.54) is 16.8 Å². The number of aromatic nitrogens is 2. The van der Waals surface area contributed by atoms with Crippen molar-refractivity contribution in [3.63, 3.8) is 0 Å². The molecule has 4 aromatic rings. The van der Waals surface area contributed by atoms with Gasteiger partial charge in [0.05, 0.1) is 24.5 Å². The van der Waals surface area contributed by atoms with Gasteiger partial charge in [0.2, 0.25) is 5.79 Å². The normalized spacial score (nSPS) is 21.3. The molecule has 2 fully saturated rings. The summed E-state index contributed by atoms with van der Waals surface area (Å²) in [6.07, 6.45) is 5.05. The van der Waals surface area contributed by atoms with Crippen LogP contribution in [0.1, 0.15) is 16.7 Å². The average molecular weight is 594 g/mol. The fourth-order valence-electron chi connectivity index (χ4n) is 5.43. The minimum atomic E-state index is -1.07. The molecule has 3 heterocycles. The van der Waals surface area contributed by atoms with E-state index in [4.69, 9.17) is 37.4 Å². The molecule has 0 aliphatic carbocycles. The molecule has 214 valence electrons. The number of ether oxygens (including phenoxy) is 3. The van der Waals surface area contributed by atoms with Crippen LogP contribution in [0.5, 0.6) is 5.75 Å². The molecule has 2 aliphatic rings. The molecule has 3 aromatic carbocycles. The van der Waals surface area contributed by atoms with Gasteiger partial charge in [0, 0.05) is 61.4 Å². The molecule has 6 rings (SSSR count). The first-order valence-corrected chi connectivity index (χ1v) is 14.7. The van der Waals surface area contributed by atoms with Gasteiger partial charge in [-0.15, -0.1) is 0 Å². The van der Waals surface area contributed by atoms with Gasteiger partial charge in [0.25, 0.3) is 0 Å². The fraction of sp³-hybridized carbons (Fsp3) is 0.344. The van der Waals surface area contributed by atoms with Crippen LogP contribution in [-0.2, 0) is 28.4 Å². The first kappa shape index (κ1) is 28.1. The maximum Gasteiger partial charge on any atom is 0.215 e. The van der Waals surface area contributed by atoms with Gasteiger partial charge in [0.15, 0.2) is 0 Å². The van der Waals surface area contributed by atoms with Crippen molar-refractivity contribution < 1.29 is 14.2 Å². The summed E-state index contributed by atoms with van der Waals surface area (Å²) in [6, 6.07) is 22.5. The average Bonchev–Trinajstić information content (AvgIpc) is 3.64. The molecule has 2 atom stereocenters. The molecule has 9 heteroatoms. The molecule has 2 saturated heterocycles. The van der Waals surface area contributed by atoms with Crippen LogP contribution in [0.3, 0.4) is 0 Å². The van der Waals surface area contributed by atoms with Crippen LogP contribution in [-0.4, -0.2) is 59.9 Å². The van der Waals surface area contributed by atoms with E-state index in [2.05, 4.69) is 58.1 Å². The van der Waals surface area contributed by atoms with Gasteiger partial charge in [0.1, 0.15) is 18.5 Å². The smallest absolute Gasteiger partial charge is 0.215 e. The minimum Gasteiger partial charge on any atom is -0.491 e. The van der Waals surface area contributed by atoms with Crippen LogP contribution in [0.4, 0.5) is 5.69 Å². The molecular weight excluding hydrogens is 559 g/mol. The molecule has 7 nitrogen and oxygen atoms in total. The molecule has 0 bridgehead atoms. The van der Waals surface area contributed by atoms with E-state index in [0.29, 0.717) is 29.8 Å². The Hall–Kier alpha value is -3.07. The lowest BCUT2D eigenvalue weighted by atomic mass is 10.1. The maximum atomic E-state index is 6.58. The van der Waals surface area contributed by atoms with Crippen molar-refractivity contribution in [2.75, 3.05) is 44.3 Å². The summed E-state index contributed by atoms with van der Waals surface area (Å²) in [4.78, 5) is 9.11. The number of piperazine rings is 1. The first-order chi connectivity index (χ1) is 20.0. The van der Waals surface area contributed by atoms with Crippen molar-refractivity contribution in [3.8, 4) is 5.75 Å². The van der Waals surface area contributed by atoms with Gasteiger partial charge in [-0.3, -0.25) is 4.90 Å². The highest BCUT2D eigenvalue weighted by molar-refractivity contribution is 6.35. The second-order valence-electron chi connectivity index (χ2n) is 10.7. The Morgan fingerprint density at radius 1 is 0.976 bits per heavy atom. The zero-order valence-corrected chi connectivity index (χ0v) is 24.6. The van der Waals surface area contributed by atoms with Gasteiger partial charge in [-0.25, -0.2) is 4.98 Å². The zero-order chi connectivity index (χ0) is 28.2. The zero-order valence-electron chi connectivity index (χ0n) is 23.1. The summed E-state index contributed by atoms with van der Waals surface area (Å²) in [5.41, 5.74) is 4.61. The molecule has 0 radical (unpaired) electrons. The van der Waals surface area contributed by atoms with E-state index in [-0.39, 0.29) is 6.10 Å². The summed E-state index contributed by atoms with van der Waals surface area (Å²) < 4.78 is 20.8. The van der Waals surface area contributed by atoms with Crippen LogP contribution < -0.4 is 9.64 Å². The van der Waals surface area contributed by atoms with Crippen molar-refractivity contribution >= 4 is 28.9 Å². The largest absolute Gasteiger partial charge is 0.491 e. The molecular formula is C32H34Cl2N4O3. The number of aryl methyl sites for hydroxylation is 1. The van der Waals surface area contributed by atoms with E-state index in [1.54, 1.807) is 24.7 Å². The Kier molecular flexibility index (Phi) is 8.51. The molecule has 1 aromatic heterocycles. The van der Waals surface area contributed by atoms with Crippen molar-refractivity contribution in [2.24, 2.45) is 0 Å². The molecule has 0 spiro atoms. The van der Waals surface area contributed by atoms with E-state index >= 15 is 0 Å². The summed E-state index contributed by atoms with van der Waals surface area (Å²) in [6.45, 7) is 8.36. The third-order valence-corrected chi connectivity index (χ3v) is 8.24. The van der Waals surface area contributed by atoms with E-state index in [9.17, 15) is 0 Å². The predicted molar refractivity (Wildman–Crippen MR) is 162 cm³/mol. The van der Waals surface area contributed by atoms with E-state index in [1.807, 2.05) is 29.0 Å². The quantitative estimate of drug-likeness (QED) is 0.232. The number of nitrogens with zero attached hydrogens (tertiary/aromatic N) is 4. The Morgan fingerprint density at radius 2 is 1.76 bits per heavy atom. The Labute approximate surface area is 251 Å². The van der Waals surface area contributed by atoms with Crippen LogP contribution >= 0.6 is 23.2 Å². The minimum absolute atomic E-state index is 0.272. The lowest BCUT2D eigenvalue weighted by Gasteiger charge is -2.36. The lowest BCUT2D eigenvalue weighted by Crippen LogP contribution is -2.45. The fourth-order valence-corrected chi connectivity index (χ4v) is 5.99. The highest BCUT2D eigenvalue weighted by atomic mass is 35.5. The second-order valence-corrected chi connectivity index (χ2v) is 11.6. The van der Waals surface area contributed by atoms with Crippen molar-refractivity contribution in [3.05, 3.63) is 112 Å². The number of halogens is 2. The van der Waals surface area contributed by atoms with Gasteiger partial charge in [-0.1, -0.05) is 59.1 Å². The first-order valence-electron chi connectivity index (χ1n) is 13.9. The Bertz CT molecular complexity index is 1420. The Balaban J connectivity index is 1.03. The molecule has 2 aliphatic heterocycles. The summed E-state index contributed by atoms with van der Waals surface area (Å²) in [5, 5.41) is 1.05. The third-order valence-electron chi connectivity index (χ3n) is 7.69. The number of benzene rings is 3. The molecule has 41 heavy (non-hydrogen) atoms. The lowest BCUT2D eigenvalue weighted by molar-refractivity contribution is -0.189. The highest BCUT2D eigenvalue weighted by Crippen LogP contribution is 2.40. The van der Waals surface area contributed by atoms with Gasteiger partial charge in [-0.2, -0.15) is 0 Å². The Morgan fingerprint density at radius 3 is 2.46 bits per heavy atom. The van der Waals surface area contributed by atoms with Crippen LogP contribution in [0.25, 0.3) is 0 Å². The highest BCUT2D eigenvalue weighted by Gasteiger charge is 2.45. The molecule has 0 amide bonds. The molecule has 0 N–H and O–H groups in total. The monoisotopic (exact) mass is 592 g/mol. The van der Waals surface area contributed by atoms with Gasteiger partial charge >= 0.3 is 0 Å². The topological polar surface area (TPSA) is 52.0 Å². The van der Waals surface area contributed by atoms with Gasteiger partial charge < -0.3 is 23.7 Å². The van der Waals surface area contributed by atoms with Crippen LogP contribution in [0.2, 0.25) is 10.0 Å². The van der Waals surface area contributed by atoms with Crippen LogP contribution in [0.15, 0.2) is 85.5 Å². The third kappa shape index (κ3) is 6.71. The molecule has 0 saturated carbocycles. The van der Waals surface area contributed by atoms with E-state index in [0.717, 1.165) is 44.0 Å². The number of hydrogen-bond donors (Lipinski definition) is 0. The van der Waals surface area contributed by atoms with E-state index < -0.39 is 5.79 Å². The summed E-state index contributed by atoms with van der Waals surface area (Å²) >= 11 is 12.7. The second kappa shape index (κ2) is 12.4. The van der Waals surface area contributed by atoms with Gasteiger partial charge in [-0.05, 0) is 48.9 Å². The van der Waals surface area contributed by atoms with Crippen LogP contribution in [0, 0.1) is 6.92 Å². The molecule has 0 unspecified atom stereocenters. The number of anilines is 1. The van der Waals surface area contributed by atoms with Crippen molar-refractivity contribution in [1.29, 1.82) is 0 Å². The van der Waals surface area contributed by atoms with Crippen molar-refractivity contribution in [2.45, 2.75) is 31.9 Å².